The van der Waals surface area contributed by atoms with Crippen LogP contribution in [0.25, 0.3) is 22.5 Å². The zero-order chi connectivity index (χ0) is 20.5. The van der Waals surface area contributed by atoms with Gasteiger partial charge in [0.2, 0.25) is 0 Å². The summed E-state index contributed by atoms with van der Waals surface area (Å²) in [6.07, 6.45) is 1.54. The lowest BCUT2D eigenvalue weighted by atomic mass is 10.1. The molecule has 8 nitrogen and oxygen atoms in total. The molecule has 1 N–H and O–H groups in total. The summed E-state index contributed by atoms with van der Waals surface area (Å²) in [6.45, 7) is 1.82. The second-order valence-electron chi connectivity index (χ2n) is 6.43. The fourth-order valence-corrected chi connectivity index (χ4v) is 3.24. The van der Waals surface area contributed by atoms with E-state index in [2.05, 4.69) is 15.4 Å². The fraction of sp³-hybridized carbons (Fsp3) is 0.143. The molecule has 0 saturated carbocycles. The number of ether oxygens (including phenoxy) is 1. The zero-order valence-corrected chi connectivity index (χ0v) is 16.1. The first-order valence-corrected chi connectivity index (χ1v) is 8.86. The normalized spacial score (nSPS) is 10.9. The number of para-hydroxylation sites is 1. The SMILES string of the molecule is COC(=O)c1ccccc1NC(=O)c1cc(-c2ccco2)nc2c1c(C)nn2C. The van der Waals surface area contributed by atoms with Gasteiger partial charge in [-0.3, -0.25) is 9.48 Å². The number of rotatable bonds is 4. The number of methoxy groups -OCH3 is 1. The van der Waals surface area contributed by atoms with Crippen LogP contribution in [0.5, 0.6) is 0 Å². The molecule has 0 radical (unpaired) electrons. The topological polar surface area (TPSA) is 99.2 Å². The number of anilines is 1. The maximum atomic E-state index is 13.2. The van der Waals surface area contributed by atoms with Crippen LogP contribution in [-0.4, -0.2) is 33.8 Å². The van der Waals surface area contributed by atoms with E-state index in [-0.39, 0.29) is 5.56 Å². The first-order valence-electron chi connectivity index (χ1n) is 8.86. The molecular weight excluding hydrogens is 372 g/mol. The van der Waals surface area contributed by atoms with Crippen LogP contribution in [0, 0.1) is 6.92 Å². The highest BCUT2D eigenvalue weighted by molar-refractivity contribution is 6.14. The molecule has 3 aromatic heterocycles. The first kappa shape index (κ1) is 18.4. The molecule has 0 atom stereocenters. The Morgan fingerprint density at radius 3 is 2.66 bits per heavy atom. The van der Waals surface area contributed by atoms with Crippen LogP contribution in [0.4, 0.5) is 5.69 Å². The average molecular weight is 390 g/mol. The van der Waals surface area contributed by atoms with E-state index in [1.807, 2.05) is 6.92 Å². The number of benzene rings is 1. The number of hydrogen-bond acceptors (Lipinski definition) is 6. The number of carbonyl (C=O) groups excluding carboxylic acids is 2. The van der Waals surface area contributed by atoms with Crippen molar-refractivity contribution in [1.29, 1.82) is 0 Å². The van der Waals surface area contributed by atoms with Gasteiger partial charge in [0.05, 0.1) is 41.3 Å². The van der Waals surface area contributed by atoms with Crippen LogP contribution >= 0.6 is 0 Å². The quantitative estimate of drug-likeness (QED) is 0.535. The minimum atomic E-state index is -0.533. The summed E-state index contributed by atoms with van der Waals surface area (Å²) in [4.78, 5) is 29.8. The molecule has 4 aromatic rings. The number of carbonyl (C=O) groups is 2. The maximum absolute atomic E-state index is 13.2. The molecule has 0 saturated heterocycles. The number of fused-ring (bicyclic) bond motifs is 1. The molecule has 8 heteroatoms. The van der Waals surface area contributed by atoms with Crippen LogP contribution < -0.4 is 5.32 Å². The van der Waals surface area contributed by atoms with Crippen molar-refractivity contribution in [2.75, 3.05) is 12.4 Å². The van der Waals surface area contributed by atoms with Crippen molar-refractivity contribution >= 4 is 28.6 Å². The van der Waals surface area contributed by atoms with Gasteiger partial charge >= 0.3 is 5.97 Å². The minimum Gasteiger partial charge on any atom is -0.465 e. The van der Waals surface area contributed by atoms with Gasteiger partial charge in [-0.05, 0) is 37.3 Å². The summed E-state index contributed by atoms with van der Waals surface area (Å²) in [7, 11) is 3.06. The molecule has 0 aliphatic rings. The molecule has 29 heavy (non-hydrogen) atoms. The van der Waals surface area contributed by atoms with Crippen LogP contribution in [0.1, 0.15) is 26.4 Å². The molecule has 0 aliphatic heterocycles. The predicted molar refractivity (Wildman–Crippen MR) is 107 cm³/mol. The van der Waals surface area contributed by atoms with E-state index in [0.717, 1.165) is 0 Å². The Hall–Kier alpha value is -3.94. The van der Waals surface area contributed by atoms with Crippen LogP contribution in [0.15, 0.2) is 53.1 Å². The van der Waals surface area contributed by atoms with Gasteiger partial charge in [-0.15, -0.1) is 0 Å². The summed E-state index contributed by atoms with van der Waals surface area (Å²) >= 11 is 0. The second kappa shape index (κ2) is 7.23. The van der Waals surface area contributed by atoms with Gasteiger partial charge in [0.25, 0.3) is 5.91 Å². The van der Waals surface area contributed by atoms with Crippen molar-refractivity contribution in [3.63, 3.8) is 0 Å². The van der Waals surface area contributed by atoms with Gasteiger partial charge in [-0.2, -0.15) is 5.10 Å². The molecule has 0 fully saturated rings. The fourth-order valence-electron chi connectivity index (χ4n) is 3.24. The molecule has 0 bridgehead atoms. The summed E-state index contributed by atoms with van der Waals surface area (Å²) < 4.78 is 11.9. The van der Waals surface area contributed by atoms with Crippen molar-refractivity contribution in [2.24, 2.45) is 7.05 Å². The number of aromatic nitrogens is 3. The van der Waals surface area contributed by atoms with Gasteiger partial charge in [0.1, 0.15) is 5.69 Å². The van der Waals surface area contributed by atoms with E-state index >= 15 is 0 Å². The number of hydrogen-bond donors (Lipinski definition) is 1. The zero-order valence-electron chi connectivity index (χ0n) is 16.1. The standard InChI is InChI=1S/C21H18N4O4/c1-12-18-14(20(26)23-15-8-5-4-7-13(15)21(27)28-3)11-16(17-9-6-10-29-17)22-19(18)25(2)24-12/h4-11H,1-3H3,(H,23,26). The molecule has 0 aliphatic carbocycles. The number of furan rings is 1. The van der Waals surface area contributed by atoms with E-state index in [0.29, 0.717) is 39.4 Å². The lowest BCUT2D eigenvalue weighted by molar-refractivity contribution is 0.0602. The maximum Gasteiger partial charge on any atom is 0.339 e. The van der Waals surface area contributed by atoms with Crippen LogP contribution in [0.3, 0.4) is 0 Å². The molecule has 1 amide bonds. The Morgan fingerprint density at radius 1 is 1.14 bits per heavy atom. The number of nitrogens with one attached hydrogen (secondary N) is 1. The summed E-state index contributed by atoms with van der Waals surface area (Å²) in [6, 6.07) is 11.8. The van der Waals surface area contributed by atoms with E-state index in [9.17, 15) is 9.59 Å². The highest BCUT2D eigenvalue weighted by atomic mass is 16.5. The number of pyridine rings is 1. The Bertz CT molecular complexity index is 1230. The van der Waals surface area contributed by atoms with E-state index in [1.54, 1.807) is 60.5 Å². The molecule has 4 rings (SSSR count). The number of aryl methyl sites for hydroxylation is 2. The monoisotopic (exact) mass is 390 g/mol. The molecule has 0 unspecified atom stereocenters. The van der Waals surface area contributed by atoms with Crippen molar-refractivity contribution < 1.29 is 18.7 Å². The van der Waals surface area contributed by atoms with E-state index < -0.39 is 11.9 Å². The van der Waals surface area contributed by atoms with Crippen molar-refractivity contribution in [2.45, 2.75) is 6.92 Å². The molecule has 0 spiro atoms. The van der Waals surface area contributed by atoms with Gasteiger partial charge < -0.3 is 14.5 Å². The highest BCUT2D eigenvalue weighted by Crippen LogP contribution is 2.28. The summed E-state index contributed by atoms with van der Waals surface area (Å²) in [5, 5.41) is 7.83. The Balaban J connectivity index is 1.83. The Labute approximate surface area is 166 Å². The third-order valence-electron chi connectivity index (χ3n) is 4.57. The highest BCUT2D eigenvalue weighted by Gasteiger charge is 2.21. The Morgan fingerprint density at radius 2 is 1.93 bits per heavy atom. The van der Waals surface area contributed by atoms with Gasteiger partial charge in [0, 0.05) is 7.05 Å². The minimum absolute atomic E-state index is 0.266. The first-order chi connectivity index (χ1) is 14.0. The molecule has 3 heterocycles. The average Bonchev–Trinajstić information content (AvgIpc) is 3.36. The third-order valence-corrected chi connectivity index (χ3v) is 4.57. The summed E-state index contributed by atoms with van der Waals surface area (Å²) in [5.41, 5.74) is 2.75. The number of amides is 1. The Kier molecular flexibility index (Phi) is 4.59. The number of nitrogens with zero attached hydrogens (tertiary/aromatic N) is 3. The lowest BCUT2D eigenvalue weighted by Gasteiger charge is -2.11. The van der Waals surface area contributed by atoms with Crippen LogP contribution in [0.2, 0.25) is 0 Å². The molecular formula is C21H18N4O4. The predicted octanol–water partition coefficient (Wildman–Crippen LogP) is 3.58. The van der Waals surface area contributed by atoms with Gasteiger partial charge in [0.15, 0.2) is 11.4 Å². The van der Waals surface area contributed by atoms with Crippen molar-refractivity contribution in [3.05, 3.63) is 65.5 Å². The lowest BCUT2D eigenvalue weighted by Crippen LogP contribution is -2.16. The second-order valence-corrected chi connectivity index (χ2v) is 6.43. The smallest absolute Gasteiger partial charge is 0.339 e. The van der Waals surface area contributed by atoms with Crippen LogP contribution in [-0.2, 0) is 11.8 Å². The largest absolute Gasteiger partial charge is 0.465 e. The third kappa shape index (κ3) is 3.25. The van der Waals surface area contributed by atoms with Gasteiger partial charge in [-0.1, -0.05) is 12.1 Å². The number of esters is 1. The van der Waals surface area contributed by atoms with Gasteiger partial charge in [-0.25, -0.2) is 9.78 Å². The van der Waals surface area contributed by atoms with E-state index in [4.69, 9.17) is 9.15 Å². The van der Waals surface area contributed by atoms with E-state index in [1.165, 1.54) is 7.11 Å². The summed E-state index contributed by atoms with van der Waals surface area (Å²) in [5.74, 6) is -0.387. The van der Waals surface area contributed by atoms with Crippen molar-refractivity contribution in [3.8, 4) is 11.5 Å². The van der Waals surface area contributed by atoms with Crippen molar-refractivity contribution in [1.82, 2.24) is 14.8 Å². The molecule has 1 aromatic carbocycles. The molecule has 146 valence electrons.